The fraction of sp³-hybridized carbons (Fsp3) is 1.00. The first-order chi connectivity index (χ1) is 9.83. The van der Waals surface area contributed by atoms with E-state index in [4.69, 9.17) is 0 Å². The van der Waals surface area contributed by atoms with Gasteiger partial charge in [0.25, 0.3) is 0 Å². The van der Waals surface area contributed by atoms with E-state index in [1.165, 1.54) is 38.5 Å². The molecule has 5 unspecified atom stereocenters. The van der Waals surface area contributed by atoms with Crippen molar-refractivity contribution in [2.75, 3.05) is 0 Å². The van der Waals surface area contributed by atoms with Gasteiger partial charge in [-0.25, -0.2) is 0 Å². The van der Waals surface area contributed by atoms with Crippen LogP contribution in [-0.2, 0) is 0 Å². The first-order valence-corrected chi connectivity index (χ1v) is 9.34. The lowest BCUT2D eigenvalue weighted by molar-refractivity contribution is 0.176. The normalized spacial score (nSPS) is 41.3. The van der Waals surface area contributed by atoms with E-state index in [9.17, 15) is 0 Å². The zero-order valence-electron chi connectivity index (χ0n) is 14.9. The lowest BCUT2D eigenvalue weighted by Crippen LogP contribution is -2.44. The molecule has 0 aromatic heterocycles. The van der Waals surface area contributed by atoms with E-state index in [0.29, 0.717) is 10.7 Å². The van der Waals surface area contributed by atoms with Gasteiger partial charge < -0.3 is 0 Å². The first-order valence-electron chi connectivity index (χ1n) is 9.34. The molecule has 0 nitrogen and oxygen atoms in total. The maximum absolute atomic E-state index is 2.75. The molecule has 0 heterocycles. The summed E-state index contributed by atoms with van der Waals surface area (Å²) in [7, 11) is 7.93. The van der Waals surface area contributed by atoms with Crippen LogP contribution in [-0.4, -0.2) is 21.8 Å². The second-order valence-corrected chi connectivity index (χ2v) is 9.40. The summed E-state index contributed by atoms with van der Waals surface area (Å²) in [6, 6.07) is 0. The van der Waals surface area contributed by atoms with Crippen molar-refractivity contribution >= 4 is 21.8 Å². The minimum Gasteiger partial charge on any atom is -0.0917 e. The quantitative estimate of drug-likeness (QED) is 0.562. The number of rotatable bonds is 6. The molecule has 0 spiro atoms. The van der Waals surface area contributed by atoms with Crippen molar-refractivity contribution in [1.82, 2.24) is 0 Å². The number of hydrogen-bond donors (Lipinski definition) is 0. The molecule has 5 atom stereocenters. The third-order valence-corrected chi connectivity index (χ3v) is 7.32. The molecule has 3 rings (SSSR count). The molecular weight excluding hydrogens is 249 g/mol. The molecule has 0 bridgehead atoms. The van der Waals surface area contributed by atoms with Gasteiger partial charge in [-0.1, -0.05) is 95.2 Å². The molecule has 0 amide bonds. The Bertz CT molecular complexity index is 375. The van der Waals surface area contributed by atoms with E-state index >= 15 is 0 Å². The van der Waals surface area contributed by atoms with Crippen molar-refractivity contribution < 1.29 is 0 Å². The molecule has 3 saturated carbocycles. The van der Waals surface area contributed by atoms with Gasteiger partial charge in [-0.05, 0) is 17.8 Å². The van der Waals surface area contributed by atoms with Gasteiger partial charge in [0, 0.05) is 0 Å². The molecular formula is C18H32B3. The summed E-state index contributed by atoms with van der Waals surface area (Å²) in [5.74, 6) is 4.45. The number of hydrogen-bond acceptors (Lipinski definition) is 0. The topological polar surface area (TPSA) is 0 Å². The van der Waals surface area contributed by atoms with Gasteiger partial charge in [-0.2, -0.15) is 0 Å². The maximum Gasteiger partial charge on any atom is 0.122 e. The molecule has 113 valence electrons. The summed E-state index contributed by atoms with van der Waals surface area (Å²) in [5, 5.41) is 0.428. The van der Waals surface area contributed by atoms with E-state index < -0.39 is 0 Å². The van der Waals surface area contributed by atoms with E-state index in [0.717, 1.165) is 29.2 Å². The molecule has 0 saturated heterocycles. The van der Waals surface area contributed by atoms with Crippen LogP contribution in [0.15, 0.2) is 0 Å². The fourth-order valence-corrected chi connectivity index (χ4v) is 5.04. The maximum atomic E-state index is 2.75. The lowest BCUT2D eigenvalue weighted by Gasteiger charge is -2.54. The van der Waals surface area contributed by atoms with Gasteiger partial charge in [-0.15, -0.1) is 0 Å². The molecule has 3 aliphatic rings. The highest BCUT2D eigenvalue weighted by atomic mass is 14.4. The Labute approximate surface area is 135 Å². The fourth-order valence-electron chi connectivity index (χ4n) is 5.04. The highest BCUT2D eigenvalue weighted by molar-refractivity contribution is 6.47. The Morgan fingerprint density at radius 3 is 1.95 bits per heavy atom. The highest BCUT2D eigenvalue weighted by Gasteiger charge is 2.48. The van der Waals surface area contributed by atoms with Gasteiger partial charge in [0.2, 0.25) is 0 Å². The van der Waals surface area contributed by atoms with Crippen molar-refractivity contribution in [3.63, 3.8) is 0 Å². The van der Waals surface area contributed by atoms with Gasteiger partial charge in [0.1, 0.15) is 21.8 Å². The molecule has 3 radical (unpaired) electrons. The van der Waals surface area contributed by atoms with Crippen LogP contribution in [0.5, 0.6) is 0 Å². The summed E-state index contributed by atoms with van der Waals surface area (Å²) in [5.41, 5.74) is 0.566. The molecule has 0 aromatic carbocycles. The molecule has 3 aliphatic carbocycles. The van der Waals surface area contributed by atoms with Crippen molar-refractivity contribution in [2.24, 2.45) is 11.3 Å². The van der Waals surface area contributed by atoms with Crippen LogP contribution >= 0.6 is 0 Å². The second-order valence-electron chi connectivity index (χ2n) is 9.40. The standard InChI is InChI=1S/C18H32B3/c1-17(2)11-10-16(17)21-18(3,4)12-6-7-13(12)20-15-9-8-14(15)19-5/h12-16H,6-11H2,1-5H3. The SMILES string of the molecule is C[B]C1CCC1[B]C1CCC1C(C)(C)[B]C1CCC1(C)C. The molecule has 0 aliphatic heterocycles. The van der Waals surface area contributed by atoms with Crippen LogP contribution in [0.25, 0.3) is 0 Å². The average Bonchev–Trinajstić information content (AvgIpc) is 2.33. The molecule has 0 aromatic rings. The summed E-state index contributed by atoms with van der Waals surface area (Å²) in [6.07, 6.45) is 8.61. The summed E-state index contributed by atoms with van der Waals surface area (Å²) in [6.45, 7) is 12.2. The van der Waals surface area contributed by atoms with Crippen molar-refractivity contribution in [3.8, 4) is 0 Å². The van der Waals surface area contributed by atoms with Crippen LogP contribution in [0.3, 0.4) is 0 Å². The molecule has 0 N–H and O–H groups in total. The Morgan fingerprint density at radius 2 is 1.57 bits per heavy atom. The van der Waals surface area contributed by atoms with Crippen molar-refractivity contribution in [3.05, 3.63) is 0 Å². The second kappa shape index (κ2) is 5.68. The zero-order chi connectivity index (χ0) is 15.3. The first kappa shape index (κ1) is 16.1. The zero-order valence-corrected chi connectivity index (χ0v) is 14.9. The van der Waals surface area contributed by atoms with Gasteiger partial charge in [0.05, 0.1) is 0 Å². The average molecular weight is 281 g/mol. The van der Waals surface area contributed by atoms with E-state index in [1.807, 2.05) is 0 Å². The Kier molecular flexibility index (Phi) is 4.35. The van der Waals surface area contributed by atoms with E-state index in [2.05, 4.69) is 56.4 Å². The summed E-state index contributed by atoms with van der Waals surface area (Å²) in [4.78, 5) is 0. The third-order valence-electron chi connectivity index (χ3n) is 7.32. The smallest absolute Gasteiger partial charge is 0.0917 e. The Morgan fingerprint density at radius 1 is 0.905 bits per heavy atom. The molecule has 3 heteroatoms. The monoisotopic (exact) mass is 281 g/mol. The summed E-state index contributed by atoms with van der Waals surface area (Å²) < 4.78 is 0. The Hall–Kier alpha value is 0.195. The lowest BCUT2D eigenvalue weighted by atomic mass is 9.27. The predicted octanol–water partition coefficient (Wildman–Crippen LogP) is 5.52. The van der Waals surface area contributed by atoms with Gasteiger partial charge in [-0.3, -0.25) is 0 Å². The van der Waals surface area contributed by atoms with Crippen molar-refractivity contribution in [2.45, 2.75) is 102 Å². The summed E-state index contributed by atoms with van der Waals surface area (Å²) >= 11 is 0. The third kappa shape index (κ3) is 3.00. The van der Waals surface area contributed by atoms with Crippen LogP contribution in [0.1, 0.15) is 66.2 Å². The van der Waals surface area contributed by atoms with Crippen LogP contribution in [0.2, 0.25) is 35.4 Å². The Balaban J connectivity index is 1.53. The van der Waals surface area contributed by atoms with Crippen LogP contribution in [0.4, 0.5) is 0 Å². The van der Waals surface area contributed by atoms with Crippen molar-refractivity contribution in [1.29, 1.82) is 0 Å². The van der Waals surface area contributed by atoms with Gasteiger partial charge in [0.15, 0.2) is 0 Å². The molecule has 3 fully saturated rings. The minimum atomic E-state index is 0.428. The predicted molar refractivity (Wildman–Crippen MR) is 97.1 cm³/mol. The molecule has 21 heavy (non-hydrogen) atoms. The highest BCUT2D eigenvalue weighted by Crippen LogP contribution is 2.61. The minimum absolute atomic E-state index is 0.428. The van der Waals surface area contributed by atoms with E-state index in [-0.39, 0.29) is 0 Å². The van der Waals surface area contributed by atoms with E-state index in [1.54, 1.807) is 0 Å². The van der Waals surface area contributed by atoms with Crippen LogP contribution < -0.4 is 0 Å². The van der Waals surface area contributed by atoms with Crippen LogP contribution in [0, 0.1) is 11.3 Å². The largest absolute Gasteiger partial charge is 0.122 e. The van der Waals surface area contributed by atoms with Gasteiger partial charge >= 0.3 is 0 Å².